The van der Waals surface area contributed by atoms with E-state index in [-0.39, 0.29) is 6.04 Å². The molecule has 21 heavy (non-hydrogen) atoms. The standard InChI is InChI=1S/C16H25NO3S/c1-5-12(3)17(10-11-20-4)13-8-7-9-14(21-6-2)15(13)16(18)19/h7-9,12H,5-6,10-11H2,1-4H3,(H,18,19). The first-order valence-corrected chi connectivity index (χ1v) is 8.29. The Kier molecular flexibility index (Phi) is 7.61. The molecule has 5 heteroatoms. The van der Waals surface area contributed by atoms with Gasteiger partial charge in [0.2, 0.25) is 0 Å². The third-order valence-electron chi connectivity index (χ3n) is 3.49. The highest BCUT2D eigenvalue weighted by Crippen LogP contribution is 2.32. The fourth-order valence-corrected chi connectivity index (χ4v) is 3.06. The molecule has 0 fully saturated rings. The molecule has 118 valence electrons. The van der Waals surface area contributed by atoms with Crippen molar-refractivity contribution in [2.75, 3.05) is 30.9 Å². The van der Waals surface area contributed by atoms with Gasteiger partial charge in [0.05, 0.1) is 17.9 Å². The number of ether oxygens (including phenoxy) is 1. The van der Waals surface area contributed by atoms with Gasteiger partial charge in [0.1, 0.15) is 0 Å². The minimum absolute atomic E-state index is 0.264. The van der Waals surface area contributed by atoms with E-state index >= 15 is 0 Å². The Morgan fingerprint density at radius 2 is 2.14 bits per heavy atom. The van der Waals surface area contributed by atoms with E-state index < -0.39 is 5.97 Å². The first-order valence-electron chi connectivity index (χ1n) is 7.31. The molecule has 0 aliphatic rings. The van der Waals surface area contributed by atoms with E-state index in [1.807, 2.05) is 25.1 Å². The van der Waals surface area contributed by atoms with Gasteiger partial charge in [0, 0.05) is 24.6 Å². The van der Waals surface area contributed by atoms with Crippen LogP contribution in [0.15, 0.2) is 23.1 Å². The van der Waals surface area contributed by atoms with Crippen LogP contribution in [0.25, 0.3) is 0 Å². The summed E-state index contributed by atoms with van der Waals surface area (Å²) in [6.07, 6.45) is 0.952. The molecule has 1 atom stereocenters. The monoisotopic (exact) mass is 311 g/mol. The van der Waals surface area contributed by atoms with Crippen molar-refractivity contribution in [1.82, 2.24) is 0 Å². The zero-order valence-corrected chi connectivity index (χ0v) is 14.1. The molecule has 0 amide bonds. The molecule has 0 saturated carbocycles. The summed E-state index contributed by atoms with van der Waals surface area (Å²) in [5.41, 5.74) is 1.19. The molecule has 4 nitrogen and oxygen atoms in total. The highest BCUT2D eigenvalue weighted by Gasteiger charge is 2.22. The molecule has 1 N–H and O–H groups in total. The number of carboxylic acid groups (broad SMARTS) is 1. The third-order valence-corrected chi connectivity index (χ3v) is 4.43. The van der Waals surface area contributed by atoms with E-state index in [1.165, 1.54) is 0 Å². The lowest BCUT2D eigenvalue weighted by Crippen LogP contribution is -2.36. The number of aromatic carboxylic acids is 1. The minimum Gasteiger partial charge on any atom is -0.478 e. The molecule has 0 bridgehead atoms. The number of anilines is 1. The lowest BCUT2D eigenvalue weighted by Gasteiger charge is -2.32. The van der Waals surface area contributed by atoms with E-state index in [4.69, 9.17) is 4.74 Å². The van der Waals surface area contributed by atoms with E-state index in [2.05, 4.69) is 18.7 Å². The van der Waals surface area contributed by atoms with Gasteiger partial charge in [0.25, 0.3) is 0 Å². The highest BCUT2D eigenvalue weighted by atomic mass is 32.2. The number of nitrogens with zero attached hydrogens (tertiary/aromatic N) is 1. The normalized spacial score (nSPS) is 12.2. The lowest BCUT2D eigenvalue weighted by atomic mass is 10.1. The number of hydrogen-bond donors (Lipinski definition) is 1. The molecular formula is C16H25NO3S. The highest BCUT2D eigenvalue weighted by molar-refractivity contribution is 7.99. The van der Waals surface area contributed by atoms with Crippen LogP contribution >= 0.6 is 11.8 Å². The zero-order chi connectivity index (χ0) is 15.8. The molecule has 0 spiro atoms. The average molecular weight is 311 g/mol. The number of carboxylic acids is 1. The largest absolute Gasteiger partial charge is 0.478 e. The fourth-order valence-electron chi connectivity index (χ4n) is 2.24. The molecule has 0 aromatic heterocycles. The summed E-state index contributed by atoms with van der Waals surface area (Å²) in [5.74, 6) is -0.0160. The first-order chi connectivity index (χ1) is 10.1. The Bertz CT molecular complexity index is 465. The van der Waals surface area contributed by atoms with Gasteiger partial charge in [-0.1, -0.05) is 19.9 Å². The van der Waals surface area contributed by atoms with E-state index in [1.54, 1.807) is 18.9 Å². The summed E-state index contributed by atoms with van der Waals surface area (Å²) in [6.45, 7) is 7.51. The molecule has 1 unspecified atom stereocenters. The molecule has 1 aromatic rings. The van der Waals surface area contributed by atoms with Crippen LogP contribution in [0, 0.1) is 0 Å². The van der Waals surface area contributed by atoms with Crippen molar-refractivity contribution in [1.29, 1.82) is 0 Å². The molecule has 1 aromatic carbocycles. The van der Waals surface area contributed by atoms with E-state index in [0.29, 0.717) is 18.7 Å². The summed E-state index contributed by atoms with van der Waals surface area (Å²) in [6, 6.07) is 5.97. The molecule has 0 heterocycles. The van der Waals surface area contributed by atoms with Crippen LogP contribution in [0.5, 0.6) is 0 Å². The lowest BCUT2D eigenvalue weighted by molar-refractivity contribution is 0.0693. The number of hydrogen-bond acceptors (Lipinski definition) is 4. The maximum atomic E-state index is 11.7. The third kappa shape index (κ3) is 4.64. The van der Waals surface area contributed by atoms with Crippen molar-refractivity contribution < 1.29 is 14.6 Å². The van der Waals surface area contributed by atoms with Crippen LogP contribution in [-0.4, -0.2) is 43.1 Å². The van der Waals surface area contributed by atoms with E-state index in [0.717, 1.165) is 22.8 Å². The van der Waals surface area contributed by atoms with Crippen molar-refractivity contribution in [2.24, 2.45) is 0 Å². The minimum atomic E-state index is -0.868. The number of rotatable bonds is 9. The quantitative estimate of drug-likeness (QED) is 0.704. The van der Waals surface area contributed by atoms with Crippen LogP contribution < -0.4 is 4.90 Å². The van der Waals surface area contributed by atoms with Crippen LogP contribution in [-0.2, 0) is 4.74 Å². The second kappa shape index (κ2) is 8.95. The van der Waals surface area contributed by atoms with Crippen molar-refractivity contribution in [3.63, 3.8) is 0 Å². The second-order valence-corrected chi connectivity index (χ2v) is 6.14. The summed E-state index contributed by atoms with van der Waals surface area (Å²) in [5, 5.41) is 9.63. The van der Waals surface area contributed by atoms with Crippen molar-refractivity contribution in [3.05, 3.63) is 23.8 Å². The summed E-state index contributed by atoms with van der Waals surface area (Å²) in [4.78, 5) is 14.7. The molecule has 0 saturated heterocycles. The molecule has 0 radical (unpaired) electrons. The Balaban J connectivity index is 3.28. The van der Waals surface area contributed by atoms with Crippen molar-refractivity contribution >= 4 is 23.4 Å². The number of thioether (sulfide) groups is 1. The Labute approximate surface area is 131 Å². The van der Waals surface area contributed by atoms with E-state index in [9.17, 15) is 9.90 Å². The van der Waals surface area contributed by atoms with Gasteiger partial charge in [-0.3, -0.25) is 0 Å². The van der Waals surface area contributed by atoms with Crippen molar-refractivity contribution in [2.45, 2.75) is 38.1 Å². The maximum absolute atomic E-state index is 11.7. The Morgan fingerprint density at radius 1 is 1.43 bits per heavy atom. The molecular weight excluding hydrogens is 286 g/mol. The molecule has 1 rings (SSSR count). The van der Waals surface area contributed by atoms with Crippen LogP contribution in [0.4, 0.5) is 5.69 Å². The van der Waals surface area contributed by atoms with Gasteiger partial charge in [-0.05, 0) is 31.2 Å². The topological polar surface area (TPSA) is 49.8 Å². The Hall–Kier alpha value is -1.20. The summed E-state index contributed by atoms with van der Waals surface area (Å²) in [7, 11) is 1.66. The maximum Gasteiger partial charge on any atom is 0.338 e. The predicted octanol–water partition coefficient (Wildman–Crippen LogP) is 3.75. The van der Waals surface area contributed by atoms with Gasteiger partial charge in [-0.2, -0.15) is 0 Å². The average Bonchev–Trinajstić information content (AvgIpc) is 2.47. The van der Waals surface area contributed by atoms with Gasteiger partial charge in [-0.25, -0.2) is 4.79 Å². The van der Waals surface area contributed by atoms with Crippen LogP contribution in [0.1, 0.15) is 37.6 Å². The van der Waals surface area contributed by atoms with Crippen molar-refractivity contribution in [3.8, 4) is 0 Å². The van der Waals surface area contributed by atoms with Gasteiger partial charge in [-0.15, -0.1) is 11.8 Å². The number of benzene rings is 1. The van der Waals surface area contributed by atoms with Crippen LogP contribution in [0.2, 0.25) is 0 Å². The van der Waals surface area contributed by atoms with Gasteiger partial charge >= 0.3 is 5.97 Å². The summed E-state index contributed by atoms with van der Waals surface area (Å²) < 4.78 is 5.17. The second-order valence-electron chi connectivity index (χ2n) is 4.83. The fraction of sp³-hybridized carbons (Fsp3) is 0.562. The van der Waals surface area contributed by atoms with Gasteiger partial charge < -0.3 is 14.7 Å². The van der Waals surface area contributed by atoms with Gasteiger partial charge in [0.15, 0.2) is 0 Å². The first kappa shape index (κ1) is 17.9. The predicted molar refractivity (Wildman–Crippen MR) is 88.8 cm³/mol. The summed E-state index contributed by atoms with van der Waals surface area (Å²) >= 11 is 1.57. The zero-order valence-electron chi connectivity index (χ0n) is 13.3. The number of carbonyl (C=O) groups is 1. The smallest absolute Gasteiger partial charge is 0.338 e. The number of methoxy groups -OCH3 is 1. The van der Waals surface area contributed by atoms with Crippen LogP contribution in [0.3, 0.4) is 0 Å². The Morgan fingerprint density at radius 3 is 2.67 bits per heavy atom. The molecule has 0 aliphatic heterocycles. The SMILES string of the molecule is CCSc1cccc(N(CCOC)C(C)CC)c1C(=O)O. The molecule has 0 aliphatic carbocycles.